The van der Waals surface area contributed by atoms with Crippen molar-refractivity contribution in [2.45, 2.75) is 33.2 Å². The third kappa shape index (κ3) is 3.13. The molecule has 0 spiro atoms. The van der Waals surface area contributed by atoms with Crippen molar-refractivity contribution in [2.75, 3.05) is 5.73 Å². The molecule has 0 saturated heterocycles. The van der Waals surface area contributed by atoms with Crippen LogP contribution < -0.4 is 5.73 Å². The Morgan fingerprint density at radius 3 is 2.89 bits per heavy atom. The minimum Gasteiger partial charge on any atom is -0.399 e. The van der Waals surface area contributed by atoms with Crippen molar-refractivity contribution in [3.63, 3.8) is 0 Å². The molecule has 0 aliphatic carbocycles. The smallest absolute Gasteiger partial charge is 0.0568 e. The lowest BCUT2D eigenvalue weighted by Crippen LogP contribution is -2.07. The zero-order valence-corrected chi connectivity index (χ0v) is 11.1. The lowest BCUT2D eigenvalue weighted by atomic mass is 10.1. The van der Waals surface area contributed by atoms with Gasteiger partial charge in [-0.15, -0.1) is 0 Å². The van der Waals surface area contributed by atoms with Gasteiger partial charge >= 0.3 is 0 Å². The van der Waals surface area contributed by atoms with Gasteiger partial charge in [0.1, 0.15) is 0 Å². The van der Waals surface area contributed by atoms with Crippen molar-refractivity contribution in [3.05, 3.63) is 36.7 Å². The first kappa shape index (κ1) is 12.7. The van der Waals surface area contributed by atoms with E-state index in [1.165, 1.54) is 12.8 Å². The minimum atomic E-state index is 0.670. The van der Waals surface area contributed by atoms with Gasteiger partial charge in [-0.05, 0) is 30.0 Å². The summed E-state index contributed by atoms with van der Waals surface area (Å²) in [5.41, 5.74) is 8.85. The Morgan fingerprint density at radius 1 is 1.33 bits per heavy atom. The van der Waals surface area contributed by atoms with E-state index < -0.39 is 0 Å². The van der Waals surface area contributed by atoms with Crippen molar-refractivity contribution in [1.82, 2.24) is 9.78 Å². The van der Waals surface area contributed by atoms with Crippen molar-refractivity contribution < 1.29 is 0 Å². The summed E-state index contributed by atoms with van der Waals surface area (Å²) in [6, 6.07) is 7.92. The highest BCUT2D eigenvalue weighted by atomic mass is 15.3. The largest absolute Gasteiger partial charge is 0.399 e. The summed E-state index contributed by atoms with van der Waals surface area (Å²) in [4.78, 5) is 0. The molecule has 1 atom stereocenters. The molecule has 0 fully saturated rings. The number of benzene rings is 1. The van der Waals surface area contributed by atoms with Gasteiger partial charge < -0.3 is 5.73 Å². The van der Waals surface area contributed by atoms with Gasteiger partial charge in [-0.25, -0.2) is 0 Å². The van der Waals surface area contributed by atoms with Crippen LogP contribution in [0.1, 0.15) is 26.7 Å². The average molecular weight is 243 g/mol. The SMILES string of the molecule is CCCC(C)Cn1cc(-c2cccc(N)c2)cn1. The van der Waals surface area contributed by atoms with E-state index in [2.05, 4.69) is 31.2 Å². The first-order valence-electron chi connectivity index (χ1n) is 6.57. The first-order chi connectivity index (χ1) is 8.69. The van der Waals surface area contributed by atoms with E-state index in [0.717, 1.165) is 23.4 Å². The predicted octanol–water partition coefficient (Wildman–Crippen LogP) is 3.57. The summed E-state index contributed by atoms with van der Waals surface area (Å²) in [6.45, 7) is 5.47. The maximum absolute atomic E-state index is 5.80. The highest BCUT2D eigenvalue weighted by molar-refractivity contribution is 5.65. The molecule has 3 heteroatoms. The van der Waals surface area contributed by atoms with Gasteiger partial charge in [0.25, 0.3) is 0 Å². The van der Waals surface area contributed by atoms with Crippen LogP contribution in [0.3, 0.4) is 0 Å². The molecule has 1 unspecified atom stereocenters. The van der Waals surface area contributed by atoms with Gasteiger partial charge in [-0.2, -0.15) is 5.10 Å². The first-order valence-corrected chi connectivity index (χ1v) is 6.57. The fraction of sp³-hybridized carbons (Fsp3) is 0.400. The van der Waals surface area contributed by atoms with Crippen LogP contribution in [0.25, 0.3) is 11.1 Å². The molecule has 0 radical (unpaired) electrons. The summed E-state index contributed by atoms with van der Waals surface area (Å²) in [5.74, 6) is 0.670. The van der Waals surface area contributed by atoms with E-state index in [1.54, 1.807) is 0 Å². The number of nitrogens with zero attached hydrogens (tertiary/aromatic N) is 2. The van der Waals surface area contributed by atoms with Gasteiger partial charge in [-0.3, -0.25) is 4.68 Å². The monoisotopic (exact) mass is 243 g/mol. The van der Waals surface area contributed by atoms with Gasteiger partial charge in [0.15, 0.2) is 0 Å². The quantitative estimate of drug-likeness (QED) is 0.816. The third-order valence-corrected chi connectivity index (χ3v) is 3.13. The van der Waals surface area contributed by atoms with Gasteiger partial charge in [0.2, 0.25) is 0 Å². The maximum Gasteiger partial charge on any atom is 0.0568 e. The van der Waals surface area contributed by atoms with Crippen molar-refractivity contribution in [1.29, 1.82) is 0 Å². The molecular weight excluding hydrogens is 222 g/mol. The maximum atomic E-state index is 5.80. The van der Waals surface area contributed by atoms with Gasteiger partial charge in [0.05, 0.1) is 6.20 Å². The van der Waals surface area contributed by atoms with Crippen LogP contribution in [0.15, 0.2) is 36.7 Å². The summed E-state index contributed by atoms with van der Waals surface area (Å²) >= 11 is 0. The lowest BCUT2D eigenvalue weighted by molar-refractivity contribution is 0.420. The van der Waals surface area contributed by atoms with E-state index in [4.69, 9.17) is 5.73 Å². The lowest BCUT2D eigenvalue weighted by Gasteiger charge is -2.09. The molecule has 0 bridgehead atoms. The number of aromatic nitrogens is 2. The van der Waals surface area contributed by atoms with E-state index in [-0.39, 0.29) is 0 Å². The highest BCUT2D eigenvalue weighted by Gasteiger charge is 2.05. The van der Waals surface area contributed by atoms with Crippen molar-refractivity contribution in [3.8, 4) is 11.1 Å². The van der Waals surface area contributed by atoms with Crippen LogP contribution in [0, 0.1) is 5.92 Å². The molecule has 0 aliphatic rings. The van der Waals surface area contributed by atoms with Crippen LogP contribution in [-0.4, -0.2) is 9.78 Å². The molecule has 2 rings (SSSR count). The van der Waals surface area contributed by atoms with Crippen LogP contribution in [0.2, 0.25) is 0 Å². The molecule has 0 amide bonds. The Balaban J connectivity index is 2.10. The van der Waals surface area contributed by atoms with Crippen molar-refractivity contribution in [2.24, 2.45) is 5.92 Å². The van der Waals surface area contributed by atoms with Crippen LogP contribution in [0.5, 0.6) is 0 Å². The Morgan fingerprint density at radius 2 is 2.17 bits per heavy atom. The summed E-state index contributed by atoms with van der Waals surface area (Å²) in [5, 5.41) is 4.42. The van der Waals surface area contributed by atoms with Crippen LogP contribution >= 0.6 is 0 Å². The summed E-state index contributed by atoms with van der Waals surface area (Å²) in [7, 11) is 0. The van der Waals surface area contributed by atoms with Gasteiger partial charge in [-0.1, -0.05) is 32.4 Å². The number of nitrogens with two attached hydrogens (primary N) is 1. The van der Waals surface area contributed by atoms with E-state index in [9.17, 15) is 0 Å². The second kappa shape index (κ2) is 5.71. The second-order valence-electron chi connectivity index (χ2n) is 4.97. The minimum absolute atomic E-state index is 0.670. The molecule has 1 aromatic heterocycles. The Bertz CT molecular complexity index is 502. The topological polar surface area (TPSA) is 43.8 Å². The third-order valence-electron chi connectivity index (χ3n) is 3.13. The fourth-order valence-corrected chi connectivity index (χ4v) is 2.23. The number of nitrogen functional groups attached to an aromatic ring is 1. The Hall–Kier alpha value is -1.77. The summed E-state index contributed by atoms with van der Waals surface area (Å²) in [6.07, 6.45) is 6.48. The predicted molar refractivity (Wildman–Crippen MR) is 76.1 cm³/mol. The molecule has 2 aromatic rings. The zero-order valence-electron chi connectivity index (χ0n) is 11.1. The van der Waals surface area contributed by atoms with Crippen LogP contribution in [-0.2, 0) is 6.54 Å². The molecule has 3 nitrogen and oxygen atoms in total. The van der Waals surface area contributed by atoms with E-state index in [0.29, 0.717) is 5.92 Å². The van der Waals surface area contributed by atoms with E-state index in [1.807, 2.05) is 29.1 Å². The molecule has 0 aliphatic heterocycles. The zero-order chi connectivity index (χ0) is 13.0. The number of hydrogen-bond acceptors (Lipinski definition) is 2. The number of hydrogen-bond donors (Lipinski definition) is 1. The highest BCUT2D eigenvalue weighted by Crippen LogP contribution is 2.21. The molecule has 18 heavy (non-hydrogen) atoms. The molecule has 0 saturated carbocycles. The van der Waals surface area contributed by atoms with Crippen LogP contribution in [0.4, 0.5) is 5.69 Å². The summed E-state index contributed by atoms with van der Waals surface area (Å²) < 4.78 is 2.03. The van der Waals surface area contributed by atoms with Gasteiger partial charge in [0, 0.05) is 24.0 Å². The normalized spacial score (nSPS) is 12.6. The Kier molecular flexibility index (Phi) is 4.03. The molecule has 2 N–H and O–H groups in total. The van der Waals surface area contributed by atoms with E-state index >= 15 is 0 Å². The standard InChI is InChI=1S/C15H21N3/c1-3-5-12(2)10-18-11-14(9-17-18)13-6-4-7-15(16)8-13/h4,6-9,11-12H,3,5,10,16H2,1-2H3. The molecule has 1 aromatic carbocycles. The van der Waals surface area contributed by atoms with Crippen molar-refractivity contribution >= 4 is 5.69 Å². The molecular formula is C15H21N3. The molecule has 1 heterocycles. The molecule has 96 valence electrons. The number of anilines is 1. The average Bonchev–Trinajstić information content (AvgIpc) is 2.78. The second-order valence-corrected chi connectivity index (χ2v) is 4.97. The Labute approximate surface area is 109 Å². The number of rotatable bonds is 5. The fourth-order valence-electron chi connectivity index (χ4n) is 2.23.